The highest BCUT2D eigenvalue weighted by Crippen LogP contribution is 2.37. The summed E-state index contributed by atoms with van der Waals surface area (Å²) in [6.45, 7) is 4.76. The van der Waals surface area contributed by atoms with Crippen molar-refractivity contribution in [3.8, 4) is 23.4 Å². The number of hydrogen-bond donors (Lipinski definition) is 2. The number of likely N-dealkylation sites (tertiary alicyclic amines) is 1. The third-order valence-electron chi connectivity index (χ3n) is 13.9. The molecular formula is C48H48F2N10O7S. The van der Waals surface area contributed by atoms with Gasteiger partial charge in [0.25, 0.3) is 11.5 Å². The molecule has 352 valence electrons. The van der Waals surface area contributed by atoms with Gasteiger partial charge >= 0.3 is 10.2 Å². The summed E-state index contributed by atoms with van der Waals surface area (Å²) in [5, 5.41) is 12.5. The van der Waals surface area contributed by atoms with E-state index in [1.807, 2.05) is 12.1 Å². The van der Waals surface area contributed by atoms with Crippen molar-refractivity contribution in [3.05, 3.63) is 112 Å². The molecule has 2 aromatic heterocycles. The molecule has 2 atom stereocenters. The number of halogens is 2. The topological polar surface area (TPSA) is 203 Å². The molecule has 5 aromatic rings. The van der Waals surface area contributed by atoms with Gasteiger partial charge in [0, 0.05) is 51.3 Å². The van der Waals surface area contributed by atoms with Gasteiger partial charge in [-0.1, -0.05) is 12.1 Å². The first-order valence-corrected chi connectivity index (χ1v) is 24.3. The summed E-state index contributed by atoms with van der Waals surface area (Å²) in [5.41, 5.74) is 2.94. The van der Waals surface area contributed by atoms with Crippen LogP contribution in [-0.4, -0.2) is 113 Å². The van der Waals surface area contributed by atoms with Gasteiger partial charge in [-0.3, -0.25) is 33.8 Å². The van der Waals surface area contributed by atoms with Crippen LogP contribution in [0.1, 0.15) is 77.9 Å². The second-order valence-electron chi connectivity index (χ2n) is 18.2. The average molecular weight is 947 g/mol. The first-order valence-electron chi connectivity index (χ1n) is 22.9. The highest BCUT2D eigenvalue weighted by Gasteiger charge is 2.40. The fraction of sp³-hybridized carbons (Fsp3) is 0.396. The average Bonchev–Trinajstić information content (AvgIpc) is 3.93. The molecule has 0 bridgehead atoms. The van der Waals surface area contributed by atoms with Crippen LogP contribution in [0.5, 0.6) is 11.5 Å². The number of ether oxygens (including phenoxy) is 1. The number of carbonyl (C=O) groups excluding carboxylic acids is 3. The summed E-state index contributed by atoms with van der Waals surface area (Å²) in [5.74, 6) is -1.05. The lowest BCUT2D eigenvalue weighted by atomic mass is 9.87. The maximum Gasteiger partial charge on any atom is 0.301 e. The van der Waals surface area contributed by atoms with Crippen molar-refractivity contribution in [1.82, 2.24) is 34.0 Å². The van der Waals surface area contributed by atoms with E-state index in [-0.39, 0.29) is 54.6 Å². The number of aromatic nitrogens is 3. The van der Waals surface area contributed by atoms with Crippen LogP contribution in [0.15, 0.2) is 78.0 Å². The van der Waals surface area contributed by atoms with Crippen LogP contribution in [-0.2, 0) is 26.3 Å². The molecule has 20 heteroatoms. The van der Waals surface area contributed by atoms with Crippen LogP contribution < -0.4 is 25.2 Å². The van der Waals surface area contributed by atoms with E-state index in [0.717, 1.165) is 86.1 Å². The zero-order chi connectivity index (χ0) is 47.3. The molecule has 4 fully saturated rings. The number of amides is 3. The number of carbonyl (C=O) groups is 3. The Labute approximate surface area is 390 Å². The largest absolute Gasteiger partial charge is 0.453 e. The number of nitrogens with one attached hydrogen (secondary N) is 2. The number of piperidine rings is 3. The summed E-state index contributed by atoms with van der Waals surface area (Å²) in [4.78, 5) is 66.7. The number of rotatable bonds is 11. The van der Waals surface area contributed by atoms with E-state index in [1.54, 1.807) is 23.2 Å². The van der Waals surface area contributed by atoms with Gasteiger partial charge in [-0.05, 0) is 123 Å². The standard InChI is InChI=1S/C48H48F2N10O7S/c49-33-15-20-58(27-33)68(65,66)55-41-7-5-39(50)45(38(41)23-51)67-35-3-6-40-37(22-35)48(64)60(28-53-40)43-9-2-34(24-52-43)57-18-11-29(12-19-57)25-56-16-13-30(14-17-56)31-1-4-36-32(21-31)26-59(47(36)63)42-8-10-44(61)54-46(42)62/h1-7,9,21-22,24,28-30,33,42,55H,8,10-20,25-27H2,(H,54,61,62)/t33-,42?/m1/s1. The Morgan fingerprint density at radius 1 is 0.897 bits per heavy atom. The monoisotopic (exact) mass is 946 g/mol. The Balaban J connectivity index is 0.733. The molecular weight excluding hydrogens is 899 g/mol. The molecule has 3 aromatic carbocycles. The maximum absolute atomic E-state index is 15.2. The van der Waals surface area contributed by atoms with Crippen molar-refractivity contribution in [3.63, 3.8) is 0 Å². The lowest BCUT2D eigenvalue weighted by Crippen LogP contribution is -2.52. The second kappa shape index (κ2) is 18.3. The van der Waals surface area contributed by atoms with Gasteiger partial charge in [0.15, 0.2) is 11.6 Å². The van der Waals surface area contributed by atoms with Gasteiger partial charge in [0.2, 0.25) is 11.8 Å². The van der Waals surface area contributed by atoms with Crippen LogP contribution in [0, 0.1) is 23.1 Å². The Morgan fingerprint density at radius 3 is 2.43 bits per heavy atom. The van der Waals surface area contributed by atoms with Gasteiger partial charge in [0.1, 0.15) is 41.7 Å². The molecule has 68 heavy (non-hydrogen) atoms. The fourth-order valence-corrected chi connectivity index (χ4v) is 11.4. The number of imide groups is 1. The number of benzene rings is 3. The molecule has 2 N–H and O–H groups in total. The minimum atomic E-state index is -4.24. The molecule has 10 rings (SSSR count). The molecule has 17 nitrogen and oxygen atoms in total. The van der Waals surface area contributed by atoms with Crippen LogP contribution in [0.25, 0.3) is 16.7 Å². The van der Waals surface area contributed by atoms with E-state index in [2.05, 4.69) is 41.9 Å². The van der Waals surface area contributed by atoms with E-state index in [9.17, 15) is 37.2 Å². The van der Waals surface area contributed by atoms with Crippen molar-refractivity contribution < 1.29 is 36.3 Å². The Kier molecular flexibility index (Phi) is 12.1. The fourth-order valence-electron chi connectivity index (χ4n) is 10.2. The van der Waals surface area contributed by atoms with E-state index < -0.39 is 51.0 Å². The molecule has 5 aliphatic heterocycles. The number of alkyl halides is 1. The summed E-state index contributed by atoms with van der Waals surface area (Å²) < 4.78 is 65.0. The molecule has 5 aliphatic rings. The van der Waals surface area contributed by atoms with Crippen molar-refractivity contribution in [1.29, 1.82) is 5.26 Å². The minimum absolute atomic E-state index is 0.00187. The number of nitrogens with zero attached hydrogens (tertiary/aromatic N) is 8. The molecule has 0 aliphatic carbocycles. The van der Waals surface area contributed by atoms with E-state index in [4.69, 9.17) is 4.74 Å². The van der Waals surface area contributed by atoms with Crippen molar-refractivity contribution in [2.45, 2.75) is 69.6 Å². The van der Waals surface area contributed by atoms with Crippen molar-refractivity contribution >= 4 is 50.2 Å². The van der Waals surface area contributed by atoms with Gasteiger partial charge in [-0.25, -0.2) is 18.7 Å². The highest BCUT2D eigenvalue weighted by atomic mass is 32.2. The first kappa shape index (κ1) is 45.0. The molecule has 0 radical (unpaired) electrons. The molecule has 7 heterocycles. The number of anilines is 2. The maximum atomic E-state index is 15.2. The Bertz CT molecular complexity index is 3040. The second-order valence-corrected chi connectivity index (χ2v) is 19.8. The predicted molar refractivity (Wildman–Crippen MR) is 246 cm³/mol. The van der Waals surface area contributed by atoms with Crippen LogP contribution in [0.4, 0.5) is 20.2 Å². The Hall–Kier alpha value is -6.82. The van der Waals surface area contributed by atoms with E-state index in [0.29, 0.717) is 41.7 Å². The number of pyridine rings is 1. The lowest BCUT2D eigenvalue weighted by molar-refractivity contribution is -0.136. The normalized spacial score (nSPS) is 21.0. The van der Waals surface area contributed by atoms with Crippen molar-refractivity contribution in [2.75, 3.05) is 55.4 Å². The number of fused-ring (bicyclic) bond motifs is 2. The SMILES string of the molecule is N#Cc1c(NS(=O)(=O)N2CC[C@@H](F)C2)ccc(F)c1Oc1ccc2ncn(-c3ccc(N4CCC(CN5CCC(c6ccc7c(c6)CN(C6CCC(=O)NC6=O)C7=O)CC5)CC4)cn3)c(=O)c2c1. The quantitative estimate of drug-likeness (QED) is 0.165. The Morgan fingerprint density at radius 2 is 1.71 bits per heavy atom. The molecule has 4 saturated heterocycles. The van der Waals surface area contributed by atoms with Crippen LogP contribution in [0.2, 0.25) is 0 Å². The van der Waals surface area contributed by atoms with E-state index in [1.165, 1.54) is 34.7 Å². The molecule has 0 spiro atoms. The predicted octanol–water partition coefficient (Wildman–Crippen LogP) is 5.14. The van der Waals surface area contributed by atoms with Crippen molar-refractivity contribution in [2.24, 2.45) is 5.92 Å². The summed E-state index contributed by atoms with van der Waals surface area (Å²) in [7, 11) is -4.24. The van der Waals surface area contributed by atoms with Gasteiger partial charge in [-0.2, -0.15) is 18.0 Å². The third-order valence-corrected chi connectivity index (χ3v) is 15.4. The lowest BCUT2D eigenvalue weighted by Gasteiger charge is -2.38. The molecule has 1 unspecified atom stereocenters. The highest BCUT2D eigenvalue weighted by molar-refractivity contribution is 7.90. The third kappa shape index (κ3) is 8.88. The van der Waals surface area contributed by atoms with E-state index >= 15 is 4.39 Å². The summed E-state index contributed by atoms with van der Waals surface area (Å²) in [6, 6.07) is 17.3. The minimum Gasteiger partial charge on any atom is -0.453 e. The zero-order valence-electron chi connectivity index (χ0n) is 36.9. The first-order chi connectivity index (χ1) is 32.8. The summed E-state index contributed by atoms with van der Waals surface area (Å²) >= 11 is 0. The smallest absolute Gasteiger partial charge is 0.301 e. The van der Waals surface area contributed by atoms with Gasteiger partial charge in [-0.15, -0.1) is 0 Å². The van der Waals surface area contributed by atoms with Crippen LogP contribution >= 0.6 is 0 Å². The zero-order valence-corrected chi connectivity index (χ0v) is 37.8. The molecule has 3 amide bonds. The van der Waals surface area contributed by atoms with Gasteiger partial charge in [0.05, 0.1) is 28.5 Å². The number of nitriles is 1. The van der Waals surface area contributed by atoms with Crippen LogP contribution in [0.3, 0.4) is 0 Å². The summed E-state index contributed by atoms with van der Waals surface area (Å²) in [6.07, 6.45) is 6.54. The number of hydrogen-bond acceptors (Lipinski definition) is 12. The van der Waals surface area contributed by atoms with Gasteiger partial charge < -0.3 is 19.4 Å². The molecule has 0 saturated carbocycles.